The molecule has 3 heterocycles. The molecule has 2 N–H and O–H groups in total. The summed E-state index contributed by atoms with van der Waals surface area (Å²) in [6, 6.07) is 4.95. The molecule has 0 unspecified atom stereocenters. The predicted molar refractivity (Wildman–Crippen MR) is 136 cm³/mol. The monoisotopic (exact) mass is 533 g/mol. The van der Waals surface area contributed by atoms with Crippen LogP contribution in [-0.4, -0.2) is 62.5 Å². The smallest absolute Gasteiger partial charge is 0.262 e. The molecule has 1 aliphatic carbocycles. The molecule has 0 radical (unpaired) electrons. The fourth-order valence-electron chi connectivity index (χ4n) is 3.93. The van der Waals surface area contributed by atoms with Crippen molar-refractivity contribution < 1.29 is 13.9 Å². The molecular formula is C24H26Cl2FN7O2. The molecule has 2 aromatic heterocycles. The van der Waals surface area contributed by atoms with Gasteiger partial charge in [-0.05, 0) is 44.9 Å². The maximum Gasteiger partial charge on any atom is 0.262 e. The molecule has 12 heteroatoms. The molecule has 1 saturated heterocycles. The van der Waals surface area contributed by atoms with Crippen molar-refractivity contribution in [2.75, 3.05) is 30.8 Å². The molecule has 9 nitrogen and oxygen atoms in total. The second-order valence-corrected chi connectivity index (χ2v) is 10.1. The van der Waals surface area contributed by atoms with E-state index in [1.807, 2.05) is 7.05 Å². The van der Waals surface area contributed by atoms with Gasteiger partial charge < -0.3 is 20.3 Å². The molecule has 2 fully saturated rings. The lowest BCUT2D eigenvalue weighted by Crippen LogP contribution is -2.42. The number of nitrogens with zero attached hydrogens (tertiary/aromatic N) is 5. The minimum atomic E-state index is -1.28. The molecule has 0 bridgehead atoms. The van der Waals surface area contributed by atoms with E-state index in [0.717, 1.165) is 25.9 Å². The number of hydrogen-bond donors (Lipinski definition) is 2. The summed E-state index contributed by atoms with van der Waals surface area (Å²) in [7, 11) is 2.00. The van der Waals surface area contributed by atoms with Crippen molar-refractivity contribution in [3.63, 3.8) is 0 Å². The molecule has 1 aromatic carbocycles. The number of likely N-dealkylation sites (tertiary alicyclic amines) is 1. The molecule has 0 spiro atoms. The van der Waals surface area contributed by atoms with E-state index in [0.29, 0.717) is 34.3 Å². The summed E-state index contributed by atoms with van der Waals surface area (Å²) >= 11 is 12.4. The van der Waals surface area contributed by atoms with Crippen molar-refractivity contribution in [1.82, 2.24) is 24.6 Å². The minimum absolute atomic E-state index is 0.00114. The topological polar surface area (TPSA) is 97.2 Å². The summed E-state index contributed by atoms with van der Waals surface area (Å²) in [5.41, 5.74) is -0.227. The third kappa shape index (κ3) is 5.88. The number of piperidine rings is 1. The number of halogens is 3. The number of nitrogens with one attached hydrogen (secondary N) is 2. The summed E-state index contributed by atoms with van der Waals surface area (Å²) < 4.78 is 22.6. The number of aromatic nitrogens is 4. The average Bonchev–Trinajstić information content (AvgIpc) is 3.56. The zero-order valence-electron chi connectivity index (χ0n) is 19.7. The second-order valence-electron chi connectivity index (χ2n) is 9.29. The highest BCUT2D eigenvalue weighted by Gasteiger charge is 2.34. The van der Waals surface area contributed by atoms with Gasteiger partial charge in [-0.2, -0.15) is 10.1 Å². The maximum atomic E-state index is 15.2. The summed E-state index contributed by atoms with van der Waals surface area (Å²) in [5, 5.41) is 10.7. The number of carbonyl (C=O) groups is 1. The van der Waals surface area contributed by atoms with E-state index < -0.39 is 11.6 Å². The van der Waals surface area contributed by atoms with Crippen LogP contribution in [0.3, 0.4) is 0 Å². The van der Waals surface area contributed by atoms with E-state index >= 15 is 4.39 Å². The van der Waals surface area contributed by atoms with Crippen LogP contribution in [0.5, 0.6) is 5.88 Å². The quantitative estimate of drug-likeness (QED) is 0.422. The number of rotatable bonds is 8. The van der Waals surface area contributed by atoms with Crippen molar-refractivity contribution in [1.29, 1.82) is 0 Å². The first-order chi connectivity index (χ1) is 17.3. The molecule has 2 aliphatic rings. The Hall–Kier alpha value is -2.95. The lowest BCUT2D eigenvalue weighted by Gasteiger charge is -2.34. The minimum Gasteiger partial charge on any atom is -0.474 e. The van der Waals surface area contributed by atoms with Crippen LogP contribution >= 0.6 is 23.2 Å². The van der Waals surface area contributed by atoms with Gasteiger partial charge in [0.05, 0.1) is 34.2 Å². The number of hydrogen-bond acceptors (Lipinski definition) is 7. The first kappa shape index (κ1) is 24.7. The van der Waals surface area contributed by atoms with Gasteiger partial charge >= 0.3 is 0 Å². The van der Waals surface area contributed by atoms with E-state index in [2.05, 4.69) is 30.6 Å². The predicted octanol–water partition coefficient (Wildman–Crippen LogP) is 4.95. The Kier molecular flexibility index (Phi) is 7.00. The highest BCUT2D eigenvalue weighted by molar-refractivity contribution is 6.40. The zero-order chi connectivity index (χ0) is 25.3. The lowest BCUT2D eigenvalue weighted by atomic mass is 9.94. The van der Waals surface area contributed by atoms with Crippen LogP contribution < -0.4 is 15.4 Å². The third-order valence-electron chi connectivity index (χ3n) is 6.22. The number of carbonyl (C=O) groups excluding carboxylic acids is 1. The lowest BCUT2D eigenvalue weighted by molar-refractivity contribution is 0.0499. The Balaban J connectivity index is 1.30. The van der Waals surface area contributed by atoms with E-state index in [4.69, 9.17) is 27.9 Å². The van der Waals surface area contributed by atoms with Gasteiger partial charge in [0.15, 0.2) is 0 Å². The molecule has 36 heavy (non-hydrogen) atoms. The number of para-hydroxylation sites is 1. The van der Waals surface area contributed by atoms with Crippen LogP contribution in [0.1, 0.15) is 36.0 Å². The highest BCUT2D eigenvalue weighted by Crippen LogP contribution is 2.33. The Bertz CT molecular complexity index is 1240. The first-order valence-electron chi connectivity index (χ1n) is 11.7. The number of amides is 1. The molecule has 190 valence electrons. The van der Waals surface area contributed by atoms with Gasteiger partial charge in [-0.1, -0.05) is 29.3 Å². The fourth-order valence-corrected chi connectivity index (χ4v) is 4.42. The van der Waals surface area contributed by atoms with Crippen LogP contribution in [0.15, 0.2) is 36.8 Å². The van der Waals surface area contributed by atoms with Crippen LogP contribution in [0.2, 0.25) is 10.0 Å². The van der Waals surface area contributed by atoms with Crippen LogP contribution in [0, 0.1) is 0 Å². The van der Waals surface area contributed by atoms with E-state index in [-0.39, 0.29) is 30.0 Å². The van der Waals surface area contributed by atoms with Crippen molar-refractivity contribution in [2.45, 2.75) is 44.0 Å². The van der Waals surface area contributed by atoms with Crippen molar-refractivity contribution in [2.24, 2.45) is 0 Å². The van der Waals surface area contributed by atoms with E-state index in [1.54, 1.807) is 35.3 Å². The molecule has 3 aromatic rings. The fraction of sp³-hybridized carbons (Fsp3) is 0.417. The zero-order valence-corrected chi connectivity index (χ0v) is 21.2. The summed E-state index contributed by atoms with van der Waals surface area (Å²) in [6.45, 7) is 1.63. The molecular weight excluding hydrogens is 508 g/mol. The Morgan fingerprint density at radius 1 is 1.22 bits per heavy atom. The molecule has 1 amide bonds. The molecule has 5 rings (SSSR count). The largest absolute Gasteiger partial charge is 0.474 e. The van der Waals surface area contributed by atoms with E-state index in [1.165, 1.54) is 6.20 Å². The van der Waals surface area contributed by atoms with Gasteiger partial charge in [0.2, 0.25) is 11.8 Å². The van der Waals surface area contributed by atoms with Crippen LogP contribution in [0.4, 0.5) is 21.7 Å². The number of ether oxygens (including phenoxy) is 1. The van der Waals surface area contributed by atoms with Gasteiger partial charge in [0.1, 0.15) is 17.3 Å². The Morgan fingerprint density at radius 3 is 2.64 bits per heavy atom. The SMILES string of the molecule is CN1CCC(F)(Cn2cc(Nc3ncc(C(=O)Nc4c(Cl)cccc4Cl)c(OC4CC4)n3)cn2)CC1. The van der Waals surface area contributed by atoms with Gasteiger partial charge in [0.25, 0.3) is 5.91 Å². The van der Waals surface area contributed by atoms with E-state index in [9.17, 15) is 4.79 Å². The highest BCUT2D eigenvalue weighted by atomic mass is 35.5. The Labute approximate surface area is 218 Å². The van der Waals surface area contributed by atoms with Gasteiger partial charge in [-0.25, -0.2) is 9.37 Å². The summed E-state index contributed by atoms with van der Waals surface area (Å²) in [5.74, 6) is -0.115. The van der Waals surface area contributed by atoms with Crippen LogP contribution in [-0.2, 0) is 6.54 Å². The Morgan fingerprint density at radius 2 is 1.94 bits per heavy atom. The average molecular weight is 534 g/mol. The summed E-state index contributed by atoms with van der Waals surface area (Å²) in [4.78, 5) is 23.8. The van der Waals surface area contributed by atoms with Crippen LogP contribution in [0.25, 0.3) is 0 Å². The first-order valence-corrected chi connectivity index (χ1v) is 12.5. The summed E-state index contributed by atoms with van der Waals surface area (Å²) in [6.07, 6.45) is 7.40. The standard InChI is InChI=1S/C24H26Cl2FN7O2/c1-33-9-7-24(27,8-10-33)14-34-13-15(11-29-34)30-23-28-12-17(22(32-23)36-16-5-6-16)21(35)31-20-18(25)3-2-4-19(20)26/h2-4,11-13,16H,5-10,14H2,1H3,(H,31,35)(H,28,30,32). The number of alkyl halides is 1. The number of anilines is 3. The third-order valence-corrected chi connectivity index (χ3v) is 6.85. The number of benzene rings is 1. The normalized spacial score (nSPS) is 17.6. The van der Waals surface area contributed by atoms with Crippen molar-refractivity contribution >= 4 is 46.4 Å². The second kappa shape index (κ2) is 10.2. The van der Waals surface area contributed by atoms with Gasteiger partial charge in [0, 0.05) is 25.5 Å². The maximum absolute atomic E-state index is 15.2. The van der Waals surface area contributed by atoms with Crippen molar-refractivity contribution in [3.05, 3.63) is 52.4 Å². The molecule has 1 aliphatic heterocycles. The molecule has 1 saturated carbocycles. The van der Waals surface area contributed by atoms with Crippen molar-refractivity contribution in [3.8, 4) is 5.88 Å². The van der Waals surface area contributed by atoms with Gasteiger partial charge in [-0.15, -0.1) is 0 Å². The van der Waals surface area contributed by atoms with Gasteiger partial charge in [-0.3, -0.25) is 9.48 Å². The molecule has 0 atom stereocenters.